The molecule has 0 bridgehead atoms. The molecule has 108 valence electrons. The zero-order valence-electron chi connectivity index (χ0n) is 11.7. The molecular formula is C17H14N4S. The fraction of sp³-hybridized carbons (Fsp3) is 0. The first-order valence-corrected chi connectivity index (χ1v) is 7.87. The van der Waals surface area contributed by atoms with Gasteiger partial charge in [0.15, 0.2) is 5.82 Å². The van der Waals surface area contributed by atoms with Gasteiger partial charge >= 0.3 is 0 Å². The number of rotatable bonds is 4. The number of nitrogens with zero attached hydrogens (tertiary/aromatic N) is 2. The first-order valence-electron chi connectivity index (χ1n) is 6.99. The fourth-order valence-electron chi connectivity index (χ4n) is 2.44. The highest BCUT2D eigenvalue weighted by Crippen LogP contribution is 2.21. The minimum atomic E-state index is 0.805. The lowest BCUT2D eigenvalue weighted by atomic mass is 10.3. The van der Waals surface area contributed by atoms with Crippen LogP contribution in [0.15, 0.2) is 66.3 Å². The molecule has 3 heterocycles. The van der Waals surface area contributed by atoms with Crippen LogP contribution in [0, 0.1) is 0 Å². The fourth-order valence-corrected chi connectivity index (χ4v) is 3.05. The van der Waals surface area contributed by atoms with Gasteiger partial charge in [0.1, 0.15) is 0 Å². The van der Waals surface area contributed by atoms with E-state index in [0.29, 0.717) is 0 Å². The number of fused-ring (bicyclic) bond motifs is 3. The molecule has 0 unspecified atom stereocenters. The van der Waals surface area contributed by atoms with Crippen molar-refractivity contribution >= 4 is 39.8 Å². The summed E-state index contributed by atoms with van der Waals surface area (Å²) in [5.74, 6) is 0.805. The van der Waals surface area contributed by atoms with Crippen molar-refractivity contribution in [3.63, 3.8) is 0 Å². The monoisotopic (exact) mass is 306 g/mol. The highest BCUT2D eigenvalue weighted by Gasteiger charge is 2.06. The number of nitrogens with one attached hydrogen (secondary N) is 2. The van der Waals surface area contributed by atoms with E-state index in [1.54, 1.807) is 11.3 Å². The van der Waals surface area contributed by atoms with Crippen molar-refractivity contribution in [2.24, 2.45) is 0 Å². The minimum absolute atomic E-state index is 0.805. The molecule has 5 heteroatoms. The Hall–Kier alpha value is -2.79. The highest BCUT2D eigenvalue weighted by molar-refractivity contribution is 7.10. The third kappa shape index (κ3) is 2.31. The lowest BCUT2D eigenvalue weighted by Crippen LogP contribution is -2.16. The van der Waals surface area contributed by atoms with Crippen molar-refractivity contribution in [2.75, 3.05) is 5.43 Å². The summed E-state index contributed by atoms with van der Waals surface area (Å²) in [4.78, 5) is 5.89. The van der Waals surface area contributed by atoms with E-state index in [2.05, 4.69) is 37.7 Å². The van der Waals surface area contributed by atoms with Crippen molar-refractivity contribution in [1.82, 2.24) is 14.8 Å². The SMILES string of the molecule is C(=C\c1cccs1)/NNc1nc2ccccc2n2cccc12. The number of aromatic nitrogens is 2. The minimum Gasteiger partial charge on any atom is -0.312 e. The summed E-state index contributed by atoms with van der Waals surface area (Å²) in [6.45, 7) is 0. The topological polar surface area (TPSA) is 41.4 Å². The number of hydrogen-bond donors (Lipinski definition) is 2. The molecule has 2 N–H and O–H groups in total. The Morgan fingerprint density at radius 2 is 1.91 bits per heavy atom. The summed E-state index contributed by atoms with van der Waals surface area (Å²) < 4.78 is 2.13. The maximum atomic E-state index is 4.68. The van der Waals surface area contributed by atoms with Gasteiger partial charge in [-0.25, -0.2) is 4.98 Å². The molecule has 4 rings (SSSR count). The van der Waals surface area contributed by atoms with Crippen molar-refractivity contribution in [3.8, 4) is 0 Å². The number of thiophene rings is 1. The zero-order chi connectivity index (χ0) is 14.8. The van der Waals surface area contributed by atoms with Gasteiger partial charge in [0.05, 0.1) is 16.6 Å². The van der Waals surface area contributed by atoms with E-state index in [0.717, 1.165) is 22.4 Å². The van der Waals surface area contributed by atoms with E-state index >= 15 is 0 Å². The maximum Gasteiger partial charge on any atom is 0.169 e. The third-order valence-electron chi connectivity index (χ3n) is 3.43. The van der Waals surface area contributed by atoms with Crippen molar-refractivity contribution < 1.29 is 0 Å². The molecule has 0 aliphatic carbocycles. The zero-order valence-corrected chi connectivity index (χ0v) is 12.5. The van der Waals surface area contributed by atoms with Gasteiger partial charge in [0.2, 0.25) is 0 Å². The first-order chi connectivity index (χ1) is 10.9. The second kappa shape index (κ2) is 5.54. The van der Waals surface area contributed by atoms with E-state index in [1.807, 2.05) is 54.9 Å². The smallest absolute Gasteiger partial charge is 0.169 e. The van der Waals surface area contributed by atoms with Crippen LogP contribution < -0.4 is 10.9 Å². The van der Waals surface area contributed by atoms with Gasteiger partial charge in [0.25, 0.3) is 0 Å². The van der Waals surface area contributed by atoms with E-state index in [9.17, 15) is 0 Å². The Morgan fingerprint density at radius 1 is 1.00 bits per heavy atom. The van der Waals surface area contributed by atoms with Crippen LogP contribution >= 0.6 is 11.3 Å². The molecular weight excluding hydrogens is 292 g/mol. The van der Waals surface area contributed by atoms with Crippen molar-refractivity contribution in [1.29, 1.82) is 0 Å². The van der Waals surface area contributed by atoms with Crippen LogP contribution in [0.2, 0.25) is 0 Å². The summed E-state index contributed by atoms with van der Waals surface area (Å²) in [7, 11) is 0. The average Bonchev–Trinajstić information content (AvgIpc) is 3.23. The number of para-hydroxylation sites is 2. The summed E-state index contributed by atoms with van der Waals surface area (Å²) in [6.07, 6.45) is 5.95. The van der Waals surface area contributed by atoms with E-state index < -0.39 is 0 Å². The Bertz CT molecular complexity index is 938. The van der Waals surface area contributed by atoms with Crippen LogP contribution in [0.25, 0.3) is 22.6 Å². The largest absolute Gasteiger partial charge is 0.312 e. The third-order valence-corrected chi connectivity index (χ3v) is 4.27. The summed E-state index contributed by atoms with van der Waals surface area (Å²) in [5.41, 5.74) is 9.34. The molecule has 0 radical (unpaired) electrons. The normalized spacial score (nSPS) is 11.5. The number of anilines is 1. The Kier molecular flexibility index (Phi) is 3.25. The molecule has 0 saturated carbocycles. The predicted octanol–water partition coefficient (Wildman–Crippen LogP) is 4.14. The number of hydrogen-bond acceptors (Lipinski definition) is 4. The quantitative estimate of drug-likeness (QED) is 0.557. The van der Waals surface area contributed by atoms with Gasteiger partial charge in [-0.05, 0) is 41.8 Å². The van der Waals surface area contributed by atoms with Gasteiger partial charge < -0.3 is 9.83 Å². The van der Waals surface area contributed by atoms with Gasteiger partial charge in [0, 0.05) is 17.3 Å². The molecule has 0 spiro atoms. The van der Waals surface area contributed by atoms with Gasteiger partial charge in [-0.2, -0.15) is 0 Å². The molecule has 0 atom stereocenters. The molecule has 4 aromatic rings. The Balaban J connectivity index is 1.64. The molecule has 22 heavy (non-hydrogen) atoms. The van der Waals surface area contributed by atoms with Gasteiger partial charge in [-0.15, -0.1) is 11.3 Å². The van der Waals surface area contributed by atoms with Crippen LogP contribution in [-0.2, 0) is 0 Å². The summed E-state index contributed by atoms with van der Waals surface area (Å²) in [6, 6.07) is 16.3. The highest BCUT2D eigenvalue weighted by atomic mass is 32.1. The predicted molar refractivity (Wildman–Crippen MR) is 92.8 cm³/mol. The van der Waals surface area contributed by atoms with Crippen LogP contribution in [0.4, 0.5) is 5.82 Å². The number of hydrazine groups is 1. The molecule has 0 aliphatic heterocycles. The first kappa shape index (κ1) is 12.9. The number of benzene rings is 1. The maximum absolute atomic E-state index is 4.68. The van der Waals surface area contributed by atoms with Crippen LogP contribution in [0.3, 0.4) is 0 Å². The molecule has 0 amide bonds. The van der Waals surface area contributed by atoms with E-state index in [4.69, 9.17) is 0 Å². The molecule has 0 aliphatic rings. The second-order valence-corrected chi connectivity index (χ2v) is 5.81. The van der Waals surface area contributed by atoms with Gasteiger partial charge in [-0.3, -0.25) is 5.43 Å². The standard InChI is InChI=1S/C17H14N4S/c1-2-7-15-14(6-1)19-17(16-8-3-11-21(15)16)20-18-10-9-13-5-4-12-22-13/h1-12,18H,(H,19,20)/b10-9+. The molecule has 1 aromatic carbocycles. The molecule has 3 aromatic heterocycles. The van der Waals surface area contributed by atoms with E-state index in [1.165, 1.54) is 4.88 Å². The van der Waals surface area contributed by atoms with Crippen LogP contribution in [-0.4, -0.2) is 9.38 Å². The Labute approximate surface area is 131 Å². The second-order valence-electron chi connectivity index (χ2n) is 4.83. The van der Waals surface area contributed by atoms with Crippen LogP contribution in [0.5, 0.6) is 0 Å². The lowest BCUT2D eigenvalue weighted by molar-refractivity contribution is 1.04. The van der Waals surface area contributed by atoms with E-state index in [-0.39, 0.29) is 0 Å². The average molecular weight is 306 g/mol. The van der Waals surface area contributed by atoms with Gasteiger partial charge in [-0.1, -0.05) is 18.2 Å². The van der Waals surface area contributed by atoms with Crippen LogP contribution in [0.1, 0.15) is 4.88 Å². The van der Waals surface area contributed by atoms with Crippen molar-refractivity contribution in [3.05, 3.63) is 71.2 Å². The molecule has 0 fully saturated rings. The lowest BCUT2D eigenvalue weighted by Gasteiger charge is -2.10. The Morgan fingerprint density at radius 3 is 2.82 bits per heavy atom. The molecule has 4 nitrogen and oxygen atoms in total. The van der Waals surface area contributed by atoms with Crippen molar-refractivity contribution in [2.45, 2.75) is 0 Å². The summed E-state index contributed by atoms with van der Waals surface area (Å²) >= 11 is 1.70. The molecule has 0 saturated heterocycles. The summed E-state index contributed by atoms with van der Waals surface area (Å²) in [5, 5.41) is 2.06.